The fraction of sp³-hybridized carbons (Fsp3) is 0.875. The molecule has 0 aliphatic heterocycles. The average Bonchev–Trinajstić information content (AvgIpc) is 2.50. The number of amides is 1. The van der Waals surface area contributed by atoms with Crippen molar-refractivity contribution in [1.29, 1.82) is 0 Å². The number of halogens is 3. The predicted octanol–water partition coefficient (Wildman–Crippen LogP) is 0.805. The van der Waals surface area contributed by atoms with Gasteiger partial charge >= 0.3 is 12.1 Å². The third-order valence-corrected chi connectivity index (χ3v) is 2.46. The number of rotatable bonds is 2. The highest BCUT2D eigenvalue weighted by molar-refractivity contribution is 5.82. The van der Waals surface area contributed by atoms with Gasteiger partial charge in [0.25, 0.3) is 0 Å². The van der Waals surface area contributed by atoms with E-state index >= 15 is 0 Å². The highest BCUT2D eigenvalue weighted by atomic mass is 19.4. The summed E-state index contributed by atoms with van der Waals surface area (Å²) < 4.78 is 35.7. The quantitative estimate of drug-likeness (QED) is 0.708. The summed E-state index contributed by atoms with van der Waals surface area (Å²) in [6.45, 7) is 0. The van der Waals surface area contributed by atoms with Crippen LogP contribution in [0.25, 0.3) is 0 Å². The van der Waals surface area contributed by atoms with Crippen LogP contribution in [0.5, 0.6) is 0 Å². The molecule has 1 saturated carbocycles. The van der Waals surface area contributed by atoms with Crippen molar-refractivity contribution in [3.8, 4) is 0 Å². The van der Waals surface area contributed by atoms with Crippen molar-refractivity contribution in [2.24, 2.45) is 0 Å². The van der Waals surface area contributed by atoms with Crippen LogP contribution in [0.4, 0.5) is 13.2 Å². The molecule has 1 rings (SSSR count). The van der Waals surface area contributed by atoms with Gasteiger partial charge in [0.05, 0.1) is 0 Å². The van der Waals surface area contributed by atoms with Crippen molar-refractivity contribution >= 4 is 5.91 Å². The summed E-state index contributed by atoms with van der Waals surface area (Å²) in [5.74, 6) is -1.84. The van der Waals surface area contributed by atoms with Crippen LogP contribution >= 0.6 is 0 Å². The molecule has 3 nitrogen and oxygen atoms in total. The lowest BCUT2D eigenvalue weighted by molar-refractivity contribution is -0.174. The molecule has 1 amide bonds. The van der Waals surface area contributed by atoms with Crippen LogP contribution < -0.4 is 10.6 Å². The van der Waals surface area contributed by atoms with Gasteiger partial charge in [0.15, 0.2) is 0 Å². The zero-order valence-corrected chi connectivity index (χ0v) is 7.82. The van der Waals surface area contributed by atoms with E-state index in [4.69, 9.17) is 0 Å². The number of carbonyl (C=O) groups excluding carboxylic acids is 1. The van der Waals surface area contributed by atoms with Gasteiger partial charge in [0.1, 0.15) is 0 Å². The van der Waals surface area contributed by atoms with Crippen molar-refractivity contribution in [3.05, 3.63) is 0 Å². The molecule has 0 heterocycles. The minimum absolute atomic E-state index is 0.0405. The lowest BCUT2D eigenvalue weighted by atomic mass is 10.2. The second-order valence-corrected chi connectivity index (χ2v) is 3.40. The number of hydrogen-bond donors (Lipinski definition) is 2. The monoisotopic (exact) mass is 210 g/mol. The molecular formula is C8H13F3N2O. The van der Waals surface area contributed by atoms with Gasteiger partial charge in [-0.3, -0.25) is 4.79 Å². The van der Waals surface area contributed by atoms with Gasteiger partial charge in [0.2, 0.25) is 0 Å². The lowest BCUT2D eigenvalue weighted by Gasteiger charge is -2.20. The number of hydrogen-bond acceptors (Lipinski definition) is 2. The topological polar surface area (TPSA) is 41.1 Å². The van der Waals surface area contributed by atoms with E-state index in [0.29, 0.717) is 6.42 Å². The summed E-state index contributed by atoms with van der Waals surface area (Å²) in [6.07, 6.45) is -2.53. The van der Waals surface area contributed by atoms with Gasteiger partial charge in [-0.1, -0.05) is 0 Å². The van der Waals surface area contributed by atoms with Gasteiger partial charge < -0.3 is 10.6 Å². The molecule has 0 bridgehead atoms. The van der Waals surface area contributed by atoms with Crippen LogP contribution in [0.15, 0.2) is 0 Å². The molecule has 0 saturated heterocycles. The van der Waals surface area contributed by atoms with Crippen LogP contribution in [-0.2, 0) is 4.79 Å². The molecule has 2 N–H and O–H groups in total. The molecular weight excluding hydrogens is 197 g/mol. The minimum Gasteiger partial charge on any atom is -0.344 e. The van der Waals surface area contributed by atoms with Gasteiger partial charge in [-0.05, 0) is 26.3 Å². The number of likely N-dealkylation sites (N-methyl/N-ethyl adjacent to an activating group) is 1. The van der Waals surface area contributed by atoms with E-state index in [1.54, 1.807) is 7.05 Å². The summed E-state index contributed by atoms with van der Waals surface area (Å²) in [4.78, 5) is 10.6. The van der Waals surface area contributed by atoms with E-state index in [1.165, 1.54) is 0 Å². The van der Waals surface area contributed by atoms with Gasteiger partial charge in [-0.2, -0.15) is 13.2 Å². The second-order valence-electron chi connectivity index (χ2n) is 3.40. The number of carbonyl (C=O) groups is 1. The Hall–Kier alpha value is -0.780. The van der Waals surface area contributed by atoms with Gasteiger partial charge in [0, 0.05) is 12.1 Å². The highest BCUT2D eigenvalue weighted by Gasteiger charge is 2.41. The van der Waals surface area contributed by atoms with E-state index in [-0.39, 0.29) is 6.04 Å². The zero-order valence-electron chi connectivity index (χ0n) is 7.82. The summed E-state index contributed by atoms with van der Waals surface area (Å²) in [6, 6.07) is -0.435. The molecule has 0 unspecified atom stereocenters. The molecule has 1 fully saturated rings. The normalized spacial score (nSPS) is 27.7. The van der Waals surface area contributed by atoms with E-state index in [0.717, 1.165) is 12.8 Å². The third-order valence-electron chi connectivity index (χ3n) is 2.46. The molecule has 6 heteroatoms. The fourth-order valence-corrected chi connectivity index (χ4v) is 1.73. The Labute approximate surface area is 80.0 Å². The maximum atomic E-state index is 11.9. The second kappa shape index (κ2) is 4.16. The van der Waals surface area contributed by atoms with Crippen molar-refractivity contribution in [2.45, 2.75) is 37.5 Å². The average molecular weight is 210 g/mol. The summed E-state index contributed by atoms with van der Waals surface area (Å²) >= 11 is 0. The first-order chi connectivity index (χ1) is 6.45. The Balaban J connectivity index is 2.48. The molecule has 0 aromatic rings. The van der Waals surface area contributed by atoms with E-state index < -0.39 is 18.1 Å². The van der Waals surface area contributed by atoms with Crippen LogP contribution in [0.1, 0.15) is 19.3 Å². The maximum absolute atomic E-state index is 11.9. The molecule has 82 valence electrons. The Morgan fingerprint density at radius 2 is 1.86 bits per heavy atom. The first-order valence-corrected chi connectivity index (χ1v) is 4.50. The molecule has 0 spiro atoms. The van der Waals surface area contributed by atoms with Gasteiger partial charge in [-0.25, -0.2) is 0 Å². The SMILES string of the molecule is CN[C@H]1CCC[C@@H]1NC(=O)C(F)(F)F. The minimum atomic E-state index is -4.78. The molecule has 14 heavy (non-hydrogen) atoms. The fourth-order valence-electron chi connectivity index (χ4n) is 1.73. The standard InChI is InChI=1S/C8H13F3N2O/c1-12-5-3-2-4-6(5)13-7(14)8(9,10)11/h5-6,12H,2-4H2,1H3,(H,13,14)/t5-,6-/m0/s1. The number of alkyl halides is 3. The molecule has 2 atom stereocenters. The van der Waals surface area contributed by atoms with Crippen molar-refractivity contribution in [2.75, 3.05) is 7.05 Å². The first kappa shape index (κ1) is 11.3. The van der Waals surface area contributed by atoms with Gasteiger partial charge in [-0.15, -0.1) is 0 Å². The molecule has 1 aliphatic rings. The predicted molar refractivity (Wildman–Crippen MR) is 44.7 cm³/mol. The van der Waals surface area contributed by atoms with Crippen LogP contribution in [0.2, 0.25) is 0 Å². The molecule has 0 aromatic heterocycles. The van der Waals surface area contributed by atoms with Crippen LogP contribution in [0, 0.1) is 0 Å². The summed E-state index contributed by atoms with van der Waals surface area (Å²) in [5.41, 5.74) is 0. The van der Waals surface area contributed by atoms with Crippen molar-refractivity contribution < 1.29 is 18.0 Å². The molecule has 1 aliphatic carbocycles. The highest BCUT2D eigenvalue weighted by Crippen LogP contribution is 2.21. The Kier molecular flexibility index (Phi) is 3.36. The Morgan fingerprint density at radius 3 is 2.36 bits per heavy atom. The third kappa shape index (κ3) is 2.60. The van der Waals surface area contributed by atoms with Crippen molar-refractivity contribution in [3.63, 3.8) is 0 Å². The zero-order chi connectivity index (χ0) is 10.8. The van der Waals surface area contributed by atoms with E-state index in [9.17, 15) is 18.0 Å². The molecule has 0 aromatic carbocycles. The summed E-state index contributed by atoms with van der Waals surface area (Å²) in [5, 5.41) is 4.88. The number of nitrogens with one attached hydrogen (secondary N) is 2. The van der Waals surface area contributed by atoms with E-state index in [2.05, 4.69) is 5.32 Å². The maximum Gasteiger partial charge on any atom is 0.471 e. The smallest absolute Gasteiger partial charge is 0.344 e. The van der Waals surface area contributed by atoms with Crippen molar-refractivity contribution in [1.82, 2.24) is 10.6 Å². The lowest BCUT2D eigenvalue weighted by Crippen LogP contribution is -2.49. The first-order valence-electron chi connectivity index (χ1n) is 4.50. The Morgan fingerprint density at radius 1 is 1.29 bits per heavy atom. The van der Waals surface area contributed by atoms with Crippen LogP contribution in [-0.4, -0.2) is 31.2 Å². The van der Waals surface area contributed by atoms with Crippen LogP contribution in [0.3, 0.4) is 0 Å². The Bertz CT molecular complexity index is 217. The van der Waals surface area contributed by atoms with E-state index in [1.807, 2.05) is 5.32 Å². The summed E-state index contributed by atoms with van der Waals surface area (Å²) in [7, 11) is 1.68. The largest absolute Gasteiger partial charge is 0.471 e. The molecule has 0 radical (unpaired) electrons.